The maximum atomic E-state index is 8.65. The molecule has 0 aliphatic heterocycles. The Morgan fingerprint density at radius 1 is 1.28 bits per heavy atom. The van der Waals surface area contributed by atoms with Gasteiger partial charge in [-0.2, -0.15) is 0 Å². The van der Waals surface area contributed by atoms with Gasteiger partial charge in [0.1, 0.15) is 5.75 Å². The van der Waals surface area contributed by atoms with E-state index in [0.717, 1.165) is 48.7 Å². The fourth-order valence-electron chi connectivity index (χ4n) is 1.65. The van der Waals surface area contributed by atoms with Crippen molar-refractivity contribution < 1.29 is 9.84 Å². The lowest BCUT2D eigenvalue weighted by atomic mass is 10.2. The lowest BCUT2D eigenvalue weighted by Gasteiger charge is -2.10. The molecule has 18 heavy (non-hydrogen) atoms. The molecule has 0 aromatic heterocycles. The van der Waals surface area contributed by atoms with Crippen LogP contribution in [0.5, 0.6) is 5.75 Å². The van der Waals surface area contributed by atoms with Gasteiger partial charge in [0.2, 0.25) is 0 Å². The molecule has 0 bridgehead atoms. The molecule has 104 valence electrons. The van der Waals surface area contributed by atoms with Crippen molar-refractivity contribution in [3.05, 3.63) is 28.8 Å². The fraction of sp³-hybridized carbons (Fsp3) is 0.538. The minimum Gasteiger partial charge on any atom is -0.496 e. The second kappa shape index (κ2) is 10.4. The molecule has 2 N–H and O–H groups in total. The molecule has 0 aliphatic rings. The van der Waals surface area contributed by atoms with Gasteiger partial charge < -0.3 is 15.2 Å². The van der Waals surface area contributed by atoms with Crippen LogP contribution in [0.1, 0.15) is 24.8 Å². The molecule has 5 heteroatoms. The third kappa shape index (κ3) is 6.45. The van der Waals surface area contributed by atoms with Crippen LogP contribution in [0.15, 0.2) is 18.2 Å². The third-order valence-electron chi connectivity index (χ3n) is 2.57. The van der Waals surface area contributed by atoms with Gasteiger partial charge in [-0.3, -0.25) is 0 Å². The van der Waals surface area contributed by atoms with Crippen molar-refractivity contribution in [2.75, 3.05) is 20.3 Å². The molecule has 0 unspecified atom stereocenters. The van der Waals surface area contributed by atoms with Crippen molar-refractivity contribution >= 4 is 24.0 Å². The highest BCUT2D eigenvalue weighted by atomic mass is 35.5. The highest BCUT2D eigenvalue weighted by Crippen LogP contribution is 2.22. The quantitative estimate of drug-likeness (QED) is 0.724. The van der Waals surface area contributed by atoms with Crippen LogP contribution in [0, 0.1) is 0 Å². The summed E-state index contributed by atoms with van der Waals surface area (Å²) in [5.74, 6) is 0.859. The Bertz CT molecular complexity index is 335. The van der Waals surface area contributed by atoms with E-state index in [9.17, 15) is 0 Å². The Morgan fingerprint density at radius 2 is 2.06 bits per heavy atom. The summed E-state index contributed by atoms with van der Waals surface area (Å²) in [6.07, 6.45) is 3.00. The van der Waals surface area contributed by atoms with Gasteiger partial charge in [-0.1, -0.05) is 11.6 Å². The number of benzene rings is 1. The molecule has 1 rings (SSSR count). The van der Waals surface area contributed by atoms with Crippen molar-refractivity contribution in [1.29, 1.82) is 0 Å². The molecular weight excluding hydrogens is 273 g/mol. The maximum Gasteiger partial charge on any atom is 0.123 e. The molecule has 1 aromatic carbocycles. The van der Waals surface area contributed by atoms with Gasteiger partial charge in [-0.25, -0.2) is 0 Å². The topological polar surface area (TPSA) is 41.5 Å². The Kier molecular flexibility index (Phi) is 10.2. The zero-order valence-corrected chi connectivity index (χ0v) is 12.2. The average molecular weight is 294 g/mol. The van der Waals surface area contributed by atoms with Crippen molar-refractivity contribution in [1.82, 2.24) is 5.32 Å². The summed E-state index contributed by atoms with van der Waals surface area (Å²) >= 11 is 5.94. The number of halogens is 2. The number of rotatable bonds is 8. The number of aliphatic hydroxyl groups excluding tert-OH is 1. The Labute approximate surface area is 120 Å². The summed E-state index contributed by atoms with van der Waals surface area (Å²) in [7, 11) is 1.66. The van der Waals surface area contributed by atoms with Crippen LogP contribution in [0.4, 0.5) is 0 Å². The molecule has 3 nitrogen and oxygen atoms in total. The van der Waals surface area contributed by atoms with E-state index in [4.69, 9.17) is 21.4 Å². The van der Waals surface area contributed by atoms with Gasteiger partial charge >= 0.3 is 0 Å². The van der Waals surface area contributed by atoms with Gasteiger partial charge in [0.25, 0.3) is 0 Å². The molecule has 0 saturated heterocycles. The van der Waals surface area contributed by atoms with Crippen LogP contribution in [0.25, 0.3) is 0 Å². The molecule has 0 saturated carbocycles. The number of methoxy groups -OCH3 is 1. The molecule has 0 spiro atoms. The van der Waals surface area contributed by atoms with Crippen molar-refractivity contribution in [3.63, 3.8) is 0 Å². The van der Waals surface area contributed by atoms with Crippen LogP contribution in [-0.2, 0) is 6.54 Å². The number of ether oxygens (including phenoxy) is 1. The van der Waals surface area contributed by atoms with E-state index in [1.165, 1.54) is 0 Å². The van der Waals surface area contributed by atoms with Gasteiger partial charge in [-0.15, -0.1) is 12.4 Å². The van der Waals surface area contributed by atoms with E-state index in [1.54, 1.807) is 7.11 Å². The molecule has 1 aromatic rings. The molecule has 0 radical (unpaired) electrons. The summed E-state index contributed by atoms with van der Waals surface area (Å²) in [6, 6.07) is 5.62. The Balaban J connectivity index is 0.00000289. The maximum absolute atomic E-state index is 8.65. The molecule has 0 aliphatic carbocycles. The molecular formula is C13H21Cl2NO2. The van der Waals surface area contributed by atoms with Crippen LogP contribution in [0.2, 0.25) is 5.02 Å². The highest BCUT2D eigenvalue weighted by molar-refractivity contribution is 6.30. The standard InChI is InChI=1S/C13H20ClNO2.ClH/c1-17-13-6-5-12(14)9-11(13)10-15-7-3-2-4-8-16;/h5-6,9,15-16H,2-4,7-8,10H2,1H3;1H. The van der Waals surface area contributed by atoms with Gasteiger partial charge in [0.15, 0.2) is 0 Å². The van der Waals surface area contributed by atoms with Crippen molar-refractivity contribution in [3.8, 4) is 5.75 Å². The zero-order valence-electron chi connectivity index (χ0n) is 10.6. The van der Waals surface area contributed by atoms with E-state index in [-0.39, 0.29) is 19.0 Å². The highest BCUT2D eigenvalue weighted by Gasteiger charge is 2.02. The molecule has 0 atom stereocenters. The van der Waals surface area contributed by atoms with Crippen molar-refractivity contribution in [2.45, 2.75) is 25.8 Å². The van der Waals surface area contributed by atoms with Crippen LogP contribution >= 0.6 is 24.0 Å². The largest absolute Gasteiger partial charge is 0.496 e. The minimum atomic E-state index is 0. The van der Waals surface area contributed by atoms with E-state index in [2.05, 4.69) is 5.32 Å². The average Bonchev–Trinajstić information content (AvgIpc) is 2.34. The van der Waals surface area contributed by atoms with Gasteiger partial charge in [0, 0.05) is 23.7 Å². The van der Waals surface area contributed by atoms with E-state index in [0.29, 0.717) is 0 Å². The first kappa shape index (κ1) is 17.5. The summed E-state index contributed by atoms with van der Waals surface area (Å²) in [4.78, 5) is 0. The first-order valence-corrected chi connectivity index (χ1v) is 6.29. The fourth-order valence-corrected chi connectivity index (χ4v) is 1.84. The summed E-state index contributed by atoms with van der Waals surface area (Å²) < 4.78 is 5.26. The summed E-state index contributed by atoms with van der Waals surface area (Å²) in [5.41, 5.74) is 1.07. The predicted molar refractivity (Wildman–Crippen MR) is 77.9 cm³/mol. The lowest BCUT2D eigenvalue weighted by Crippen LogP contribution is -2.15. The molecule has 0 heterocycles. The predicted octanol–water partition coefficient (Wildman–Crippen LogP) is 3.02. The molecule has 0 fully saturated rings. The number of hydrogen-bond acceptors (Lipinski definition) is 3. The minimum absolute atomic E-state index is 0. The summed E-state index contributed by atoms with van der Waals surface area (Å²) in [6.45, 7) is 1.97. The van der Waals surface area contributed by atoms with Crippen LogP contribution in [-0.4, -0.2) is 25.4 Å². The molecule has 0 amide bonds. The van der Waals surface area contributed by atoms with E-state index < -0.39 is 0 Å². The van der Waals surface area contributed by atoms with Gasteiger partial charge in [-0.05, 0) is 44.0 Å². The first-order valence-electron chi connectivity index (χ1n) is 5.92. The Morgan fingerprint density at radius 3 is 2.72 bits per heavy atom. The third-order valence-corrected chi connectivity index (χ3v) is 2.80. The zero-order chi connectivity index (χ0) is 12.5. The summed E-state index contributed by atoms with van der Waals surface area (Å²) in [5, 5.41) is 12.7. The van der Waals surface area contributed by atoms with Gasteiger partial charge in [0.05, 0.1) is 7.11 Å². The first-order chi connectivity index (χ1) is 8.27. The monoisotopic (exact) mass is 293 g/mol. The van der Waals surface area contributed by atoms with Crippen LogP contribution in [0.3, 0.4) is 0 Å². The number of unbranched alkanes of at least 4 members (excludes halogenated alkanes) is 2. The lowest BCUT2D eigenvalue weighted by molar-refractivity contribution is 0.283. The smallest absolute Gasteiger partial charge is 0.123 e. The van der Waals surface area contributed by atoms with Crippen LogP contribution < -0.4 is 10.1 Å². The van der Waals surface area contributed by atoms with E-state index in [1.807, 2.05) is 18.2 Å². The number of nitrogens with one attached hydrogen (secondary N) is 1. The number of aliphatic hydroxyl groups is 1. The van der Waals surface area contributed by atoms with E-state index >= 15 is 0 Å². The number of hydrogen-bond donors (Lipinski definition) is 2. The normalized spacial score (nSPS) is 9.94. The second-order valence-electron chi connectivity index (χ2n) is 3.92. The Hall–Kier alpha value is -0.480. The second-order valence-corrected chi connectivity index (χ2v) is 4.35. The van der Waals surface area contributed by atoms with Crippen molar-refractivity contribution in [2.24, 2.45) is 0 Å². The SMILES string of the molecule is COc1ccc(Cl)cc1CNCCCCCO.Cl.